The molecule has 26 heavy (non-hydrogen) atoms. The van der Waals surface area contributed by atoms with Crippen molar-refractivity contribution in [3.8, 4) is 22.9 Å². The summed E-state index contributed by atoms with van der Waals surface area (Å²) in [7, 11) is 2.81. The van der Waals surface area contributed by atoms with Crippen LogP contribution in [0.3, 0.4) is 0 Å². The van der Waals surface area contributed by atoms with Gasteiger partial charge in [0.25, 0.3) is 0 Å². The van der Waals surface area contributed by atoms with Crippen LogP contribution in [0, 0.1) is 5.92 Å². The predicted molar refractivity (Wildman–Crippen MR) is 96.6 cm³/mol. The third-order valence-electron chi connectivity index (χ3n) is 4.44. The fraction of sp³-hybridized carbons (Fsp3) is 0.400. The average molecular weight is 357 g/mol. The lowest BCUT2D eigenvalue weighted by Gasteiger charge is -2.22. The molecule has 0 unspecified atom stereocenters. The Morgan fingerprint density at radius 3 is 2.65 bits per heavy atom. The predicted octanol–water partition coefficient (Wildman–Crippen LogP) is 3.35. The van der Waals surface area contributed by atoms with Crippen molar-refractivity contribution in [3.63, 3.8) is 0 Å². The van der Waals surface area contributed by atoms with Crippen molar-refractivity contribution in [1.82, 2.24) is 4.98 Å². The summed E-state index contributed by atoms with van der Waals surface area (Å²) >= 11 is 0. The molecule has 0 amide bonds. The Hall–Kier alpha value is -2.60. The van der Waals surface area contributed by atoms with E-state index in [9.17, 15) is 4.79 Å². The van der Waals surface area contributed by atoms with E-state index in [1.54, 1.807) is 12.1 Å². The van der Waals surface area contributed by atoms with E-state index in [0.29, 0.717) is 23.8 Å². The number of hydrogen-bond acceptors (Lipinski definition) is 6. The van der Waals surface area contributed by atoms with Crippen LogP contribution in [-0.4, -0.2) is 45.0 Å². The molecule has 0 radical (unpaired) electrons. The molecule has 1 aromatic carbocycles. The molecule has 138 valence electrons. The second-order valence-corrected chi connectivity index (χ2v) is 6.11. The molecule has 6 nitrogen and oxygen atoms in total. The zero-order valence-electron chi connectivity index (χ0n) is 15.1. The molecular weight excluding hydrogens is 334 g/mol. The van der Waals surface area contributed by atoms with Gasteiger partial charge in [0, 0.05) is 18.8 Å². The highest BCUT2D eigenvalue weighted by Crippen LogP contribution is 2.31. The van der Waals surface area contributed by atoms with Gasteiger partial charge in [-0.15, -0.1) is 0 Å². The van der Waals surface area contributed by atoms with Crippen molar-refractivity contribution in [2.24, 2.45) is 5.92 Å². The second kappa shape index (κ2) is 8.67. The van der Waals surface area contributed by atoms with Crippen molar-refractivity contribution in [2.45, 2.75) is 12.8 Å². The Balaban J connectivity index is 1.83. The Labute approximate surface area is 153 Å². The summed E-state index contributed by atoms with van der Waals surface area (Å²) in [4.78, 5) is 16.3. The number of aromatic nitrogens is 1. The Bertz CT molecular complexity index is 756. The molecule has 0 bridgehead atoms. The number of rotatable bonds is 6. The molecule has 0 spiro atoms. The van der Waals surface area contributed by atoms with Gasteiger partial charge in [-0.25, -0.2) is 9.78 Å². The lowest BCUT2D eigenvalue weighted by atomic mass is 10.0. The van der Waals surface area contributed by atoms with Crippen LogP contribution >= 0.6 is 0 Å². The Morgan fingerprint density at radius 1 is 1.15 bits per heavy atom. The van der Waals surface area contributed by atoms with Crippen LogP contribution in [0.25, 0.3) is 11.3 Å². The second-order valence-electron chi connectivity index (χ2n) is 6.11. The molecule has 1 fully saturated rings. The summed E-state index contributed by atoms with van der Waals surface area (Å²) in [6.45, 7) is 2.24. The molecule has 2 heterocycles. The highest BCUT2D eigenvalue weighted by molar-refractivity contribution is 5.92. The zero-order valence-corrected chi connectivity index (χ0v) is 15.1. The maximum Gasteiger partial charge on any atom is 0.343 e. The van der Waals surface area contributed by atoms with Gasteiger partial charge >= 0.3 is 5.97 Å². The molecule has 1 aliphatic heterocycles. The van der Waals surface area contributed by atoms with Crippen LogP contribution in [0.4, 0.5) is 0 Å². The van der Waals surface area contributed by atoms with Gasteiger partial charge in [0.1, 0.15) is 11.3 Å². The number of esters is 1. The molecule has 6 heteroatoms. The van der Waals surface area contributed by atoms with E-state index in [4.69, 9.17) is 18.9 Å². The maximum atomic E-state index is 11.8. The normalized spacial score (nSPS) is 14.7. The number of nitrogens with zero attached hydrogens (tertiary/aromatic N) is 1. The van der Waals surface area contributed by atoms with Crippen molar-refractivity contribution in [3.05, 3.63) is 42.0 Å². The van der Waals surface area contributed by atoms with Gasteiger partial charge in [-0.2, -0.15) is 0 Å². The fourth-order valence-corrected chi connectivity index (χ4v) is 2.94. The first-order valence-corrected chi connectivity index (χ1v) is 8.66. The Morgan fingerprint density at radius 2 is 1.92 bits per heavy atom. The fourth-order valence-electron chi connectivity index (χ4n) is 2.94. The van der Waals surface area contributed by atoms with Crippen LogP contribution in [0.2, 0.25) is 0 Å². The van der Waals surface area contributed by atoms with E-state index >= 15 is 0 Å². The third-order valence-corrected chi connectivity index (χ3v) is 4.44. The van der Waals surface area contributed by atoms with Crippen molar-refractivity contribution >= 4 is 5.97 Å². The minimum atomic E-state index is -0.482. The number of pyridine rings is 1. The molecule has 2 aromatic rings. The SMILES string of the molecule is COC(=O)c1ccc(-c2ccccc2OCC2CCOCC2)nc1OC. The quantitative estimate of drug-likeness (QED) is 0.739. The first-order valence-electron chi connectivity index (χ1n) is 8.66. The summed E-state index contributed by atoms with van der Waals surface area (Å²) in [6, 6.07) is 11.2. The number of carbonyl (C=O) groups excluding carboxylic acids is 1. The van der Waals surface area contributed by atoms with E-state index in [-0.39, 0.29) is 5.88 Å². The first-order chi connectivity index (χ1) is 12.7. The topological polar surface area (TPSA) is 66.9 Å². The first kappa shape index (κ1) is 18.2. The minimum absolute atomic E-state index is 0.230. The van der Waals surface area contributed by atoms with E-state index in [2.05, 4.69) is 4.98 Å². The minimum Gasteiger partial charge on any atom is -0.493 e. The molecule has 1 saturated heterocycles. The molecule has 0 aliphatic carbocycles. The van der Waals surface area contributed by atoms with Gasteiger partial charge in [-0.3, -0.25) is 0 Å². The largest absolute Gasteiger partial charge is 0.493 e. The smallest absolute Gasteiger partial charge is 0.343 e. The van der Waals surface area contributed by atoms with Crippen LogP contribution in [0.5, 0.6) is 11.6 Å². The number of benzene rings is 1. The van der Waals surface area contributed by atoms with Gasteiger partial charge < -0.3 is 18.9 Å². The lowest BCUT2D eigenvalue weighted by Crippen LogP contribution is -2.21. The average Bonchev–Trinajstić information content (AvgIpc) is 2.72. The molecule has 0 atom stereocenters. The summed E-state index contributed by atoms with van der Waals surface area (Å²) in [6.07, 6.45) is 2.03. The number of para-hydroxylation sites is 1. The third kappa shape index (κ3) is 4.14. The van der Waals surface area contributed by atoms with Crippen LogP contribution in [-0.2, 0) is 9.47 Å². The standard InChI is InChI=1S/C20H23NO5/c1-23-19-16(20(22)24-2)7-8-17(21-19)15-5-3-4-6-18(15)26-13-14-9-11-25-12-10-14/h3-8,14H,9-13H2,1-2H3. The van der Waals surface area contributed by atoms with Gasteiger partial charge in [0.05, 0.1) is 26.5 Å². The zero-order chi connectivity index (χ0) is 18.4. The van der Waals surface area contributed by atoms with Gasteiger partial charge in [0.2, 0.25) is 5.88 Å². The van der Waals surface area contributed by atoms with E-state index in [0.717, 1.165) is 37.4 Å². The monoisotopic (exact) mass is 357 g/mol. The van der Waals surface area contributed by atoms with Gasteiger partial charge in [-0.05, 0) is 43.0 Å². The number of hydrogen-bond donors (Lipinski definition) is 0. The van der Waals surface area contributed by atoms with Crippen molar-refractivity contribution in [1.29, 1.82) is 0 Å². The van der Waals surface area contributed by atoms with Crippen LogP contribution in [0.15, 0.2) is 36.4 Å². The number of carbonyl (C=O) groups is 1. The summed E-state index contributed by atoms with van der Waals surface area (Å²) in [5.41, 5.74) is 1.82. The molecular formula is C20H23NO5. The summed E-state index contributed by atoms with van der Waals surface area (Å²) < 4.78 is 21.5. The Kier molecular flexibility index (Phi) is 6.07. The highest BCUT2D eigenvalue weighted by Gasteiger charge is 2.18. The number of ether oxygens (including phenoxy) is 4. The number of methoxy groups -OCH3 is 2. The summed E-state index contributed by atoms with van der Waals surface area (Å²) in [5, 5.41) is 0. The summed E-state index contributed by atoms with van der Waals surface area (Å²) in [5.74, 6) is 1.01. The van der Waals surface area contributed by atoms with E-state index in [1.165, 1.54) is 14.2 Å². The molecule has 0 N–H and O–H groups in total. The molecule has 1 aliphatic rings. The van der Waals surface area contributed by atoms with E-state index < -0.39 is 5.97 Å². The molecule has 3 rings (SSSR count). The maximum absolute atomic E-state index is 11.8. The molecule has 0 saturated carbocycles. The van der Waals surface area contributed by atoms with Gasteiger partial charge in [-0.1, -0.05) is 12.1 Å². The van der Waals surface area contributed by atoms with Crippen LogP contribution in [0.1, 0.15) is 23.2 Å². The lowest BCUT2D eigenvalue weighted by molar-refractivity contribution is 0.0498. The van der Waals surface area contributed by atoms with Crippen molar-refractivity contribution in [2.75, 3.05) is 34.0 Å². The van der Waals surface area contributed by atoms with Crippen LogP contribution < -0.4 is 9.47 Å². The highest BCUT2D eigenvalue weighted by atomic mass is 16.5. The van der Waals surface area contributed by atoms with Gasteiger partial charge in [0.15, 0.2) is 0 Å². The molecule has 1 aromatic heterocycles. The van der Waals surface area contributed by atoms with E-state index in [1.807, 2.05) is 24.3 Å². The van der Waals surface area contributed by atoms with Crippen molar-refractivity contribution < 1.29 is 23.7 Å².